The molecule has 0 aliphatic carbocycles. The first-order valence-corrected chi connectivity index (χ1v) is 11.3. The van der Waals surface area contributed by atoms with Crippen molar-refractivity contribution in [1.29, 1.82) is 0 Å². The molecule has 1 aliphatic heterocycles. The number of nitrogens with zero attached hydrogens (tertiary/aromatic N) is 4. The van der Waals surface area contributed by atoms with Crippen molar-refractivity contribution in [3.63, 3.8) is 0 Å². The number of fused-ring (bicyclic) bond motifs is 1. The van der Waals surface area contributed by atoms with Crippen molar-refractivity contribution >= 4 is 40.1 Å². The quantitative estimate of drug-likeness (QED) is 0.578. The maximum absolute atomic E-state index is 13.0. The summed E-state index contributed by atoms with van der Waals surface area (Å²) in [6.07, 6.45) is 0.200. The molecule has 1 atom stereocenters. The molecule has 0 saturated carbocycles. The minimum Gasteiger partial charge on any atom is -0.383 e. The number of carbonyl (C=O) groups excluding carboxylic acids is 2. The average Bonchev–Trinajstić information content (AvgIpc) is 2.79. The van der Waals surface area contributed by atoms with Crippen LogP contribution in [0.15, 0.2) is 48.5 Å². The Balaban J connectivity index is 1.35. The predicted molar refractivity (Wildman–Crippen MR) is 128 cm³/mol. The first kappa shape index (κ1) is 22.9. The Labute approximate surface area is 197 Å². The SMILES string of the molecule is CC(=O)NC(CC(=O)N1CCN(Cc2nc(N)c3ccccc3n2)CC1)c1ccc(Cl)cc1. The number of amides is 2. The van der Waals surface area contributed by atoms with E-state index in [0.29, 0.717) is 49.4 Å². The smallest absolute Gasteiger partial charge is 0.225 e. The van der Waals surface area contributed by atoms with E-state index in [1.54, 1.807) is 12.1 Å². The molecule has 2 amide bonds. The molecule has 0 radical (unpaired) electrons. The zero-order valence-electron chi connectivity index (χ0n) is 18.5. The number of piperazine rings is 1. The Morgan fingerprint density at radius 3 is 2.45 bits per heavy atom. The van der Waals surface area contributed by atoms with E-state index in [9.17, 15) is 9.59 Å². The van der Waals surface area contributed by atoms with Crippen molar-refractivity contribution in [2.45, 2.75) is 25.9 Å². The molecule has 33 heavy (non-hydrogen) atoms. The lowest BCUT2D eigenvalue weighted by Crippen LogP contribution is -2.49. The van der Waals surface area contributed by atoms with E-state index in [0.717, 1.165) is 16.5 Å². The van der Waals surface area contributed by atoms with Gasteiger partial charge in [-0.15, -0.1) is 0 Å². The van der Waals surface area contributed by atoms with Crippen LogP contribution in [-0.4, -0.2) is 57.8 Å². The van der Waals surface area contributed by atoms with Gasteiger partial charge in [0.05, 0.1) is 24.5 Å². The molecule has 0 spiro atoms. The van der Waals surface area contributed by atoms with Gasteiger partial charge in [0, 0.05) is 43.5 Å². The third kappa shape index (κ3) is 5.77. The Kier molecular flexibility index (Phi) is 7.05. The number of carbonyl (C=O) groups is 2. The maximum Gasteiger partial charge on any atom is 0.225 e. The molecule has 3 N–H and O–H groups in total. The highest BCUT2D eigenvalue weighted by Gasteiger charge is 2.25. The van der Waals surface area contributed by atoms with Gasteiger partial charge in [-0.05, 0) is 29.8 Å². The highest BCUT2D eigenvalue weighted by atomic mass is 35.5. The largest absolute Gasteiger partial charge is 0.383 e. The Morgan fingerprint density at radius 2 is 1.76 bits per heavy atom. The molecule has 8 nitrogen and oxygen atoms in total. The molecule has 172 valence electrons. The van der Waals surface area contributed by atoms with Crippen molar-refractivity contribution < 1.29 is 9.59 Å². The molecule has 2 aromatic carbocycles. The van der Waals surface area contributed by atoms with Gasteiger partial charge in [0.25, 0.3) is 0 Å². The van der Waals surface area contributed by atoms with E-state index in [1.807, 2.05) is 41.3 Å². The minimum atomic E-state index is -0.390. The number of hydrogen-bond donors (Lipinski definition) is 2. The zero-order chi connectivity index (χ0) is 23.4. The second-order valence-electron chi connectivity index (χ2n) is 8.21. The molecule has 3 aromatic rings. The summed E-state index contributed by atoms with van der Waals surface area (Å²) >= 11 is 5.98. The van der Waals surface area contributed by atoms with E-state index >= 15 is 0 Å². The number of anilines is 1. The number of hydrogen-bond acceptors (Lipinski definition) is 6. The number of nitrogen functional groups attached to an aromatic ring is 1. The summed E-state index contributed by atoms with van der Waals surface area (Å²) in [5.41, 5.74) is 7.79. The van der Waals surface area contributed by atoms with Gasteiger partial charge in [-0.1, -0.05) is 35.9 Å². The van der Waals surface area contributed by atoms with Crippen LogP contribution in [0.5, 0.6) is 0 Å². The fraction of sp³-hybridized carbons (Fsp3) is 0.333. The molecule has 2 heterocycles. The second-order valence-corrected chi connectivity index (χ2v) is 8.64. The van der Waals surface area contributed by atoms with Crippen molar-refractivity contribution in [2.75, 3.05) is 31.9 Å². The molecule has 1 saturated heterocycles. The van der Waals surface area contributed by atoms with Gasteiger partial charge in [-0.3, -0.25) is 14.5 Å². The molecular weight excluding hydrogens is 440 g/mol. The van der Waals surface area contributed by atoms with Gasteiger partial charge in [0.2, 0.25) is 11.8 Å². The summed E-state index contributed by atoms with van der Waals surface area (Å²) in [4.78, 5) is 37.8. The normalized spacial score (nSPS) is 15.4. The van der Waals surface area contributed by atoms with Crippen molar-refractivity contribution in [3.05, 3.63) is 64.9 Å². The second kappa shape index (κ2) is 10.1. The summed E-state index contributed by atoms with van der Waals surface area (Å²) in [5.74, 6) is 0.992. The monoisotopic (exact) mass is 466 g/mol. The number of aromatic nitrogens is 2. The van der Waals surface area contributed by atoms with Crippen LogP contribution in [0.1, 0.15) is 30.8 Å². The summed E-state index contributed by atoms with van der Waals surface area (Å²) in [6.45, 7) is 4.68. The number of halogens is 1. The number of nitrogens with one attached hydrogen (secondary N) is 1. The third-order valence-corrected chi connectivity index (χ3v) is 6.05. The minimum absolute atomic E-state index is 0.00884. The Bertz CT molecular complexity index is 1150. The molecule has 4 rings (SSSR count). The van der Waals surface area contributed by atoms with E-state index in [1.165, 1.54) is 6.92 Å². The first-order valence-electron chi connectivity index (χ1n) is 10.9. The summed E-state index contributed by atoms with van der Waals surface area (Å²) < 4.78 is 0. The maximum atomic E-state index is 13.0. The fourth-order valence-electron chi connectivity index (χ4n) is 4.07. The van der Waals surface area contributed by atoms with Crippen LogP contribution >= 0.6 is 11.6 Å². The third-order valence-electron chi connectivity index (χ3n) is 5.80. The van der Waals surface area contributed by atoms with E-state index in [-0.39, 0.29) is 24.3 Å². The average molecular weight is 467 g/mol. The molecule has 0 bridgehead atoms. The van der Waals surface area contributed by atoms with Gasteiger partial charge in [-0.25, -0.2) is 9.97 Å². The Hall–Kier alpha value is -3.23. The number of benzene rings is 2. The first-order chi connectivity index (χ1) is 15.9. The molecule has 1 aliphatic rings. The number of nitrogens with two attached hydrogens (primary N) is 1. The standard InChI is InChI=1S/C24H27ClN6O2/c1-16(32)27-21(17-6-8-18(25)9-7-17)14-23(33)31-12-10-30(11-13-31)15-22-28-20-5-3-2-4-19(20)24(26)29-22/h2-9,21H,10-15H2,1H3,(H,27,32)(H2,26,28,29). The summed E-state index contributed by atoms with van der Waals surface area (Å²) in [5, 5.41) is 4.34. The van der Waals surface area contributed by atoms with Crippen LogP contribution < -0.4 is 11.1 Å². The Morgan fingerprint density at radius 1 is 1.06 bits per heavy atom. The van der Waals surface area contributed by atoms with Gasteiger partial charge < -0.3 is 16.0 Å². The molecule has 1 fully saturated rings. The van der Waals surface area contributed by atoms with Crippen LogP contribution in [0.3, 0.4) is 0 Å². The highest BCUT2D eigenvalue weighted by molar-refractivity contribution is 6.30. The van der Waals surface area contributed by atoms with Crippen LogP contribution in [-0.2, 0) is 16.1 Å². The number of para-hydroxylation sites is 1. The van der Waals surface area contributed by atoms with Crippen LogP contribution in [0.4, 0.5) is 5.82 Å². The zero-order valence-corrected chi connectivity index (χ0v) is 19.3. The summed E-state index contributed by atoms with van der Waals surface area (Å²) in [7, 11) is 0. The topological polar surface area (TPSA) is 104 Å². The lowest BCUT2D eigenvalue weighted by molar-refractivity contribution is -0.133. The van der Waals surface area contributed by atoms with Crippen molar-refractivity contribution in [1.82, 2.24) is 25.1 Å². The highest BCUT2D eigenvalue weighted by Crippen LogP contribution is 2.22. The van der Waals surface area contributed by atoms with Crippen LogP contribution in [0.25, 0.3) is 10.9 Å². The van der Waals surface area contributed by atoms with Gasteiger partial charge >= 0.3 is 0 Å². The molecule has 1 unspecified atom stereocenters. The fourth-order valence-corrected chi connectivity index (χ4v) is 4.20. The molecule has 9 heteroatoms. The molecular formula is C24H27ClN6O2. The van der Waals surface area contributed by atoms with E-state index in [4.69, 9.17) is 17.3 Å². The van der Waals surface area contributed by atoms with E-state index in [2.05, 4.69) is 20.2 Å². The van der Waals surface area contributed by atoms with Gasteiger partial charge in [-0.2, -0.15) is 0 Å². The van der Waals surface area contributed by atoms with Crippen molar-refractivity contribution in [3.8, 4) is 0 Å². The van der Waals surface area contributed by atoms with Crippen molar-refractivity contribution in [2.24, 2.45) is 0 Å². The van der Waals surface area contributed by atoms with Crippen LogP contribution in [0.2, 0.25) is 5.02 Å². The van der Waals surface area contributed by atoms with Gasteiger partial charge in [0.15, 0.2) is 0 Å². The predicted octanol–water partition coefficient (Wildman–Crippen LogP) is 2.78. The number of rotatable bonds is 6. The van der Waals surface area contributed by atoms with E-state index < -0.39 is 0 Å². The van der Waals surface area contributed by atoms with Crippen LogP contribution in [0, 0.1) is 0 Å². The lowest BCUT2D eigenvalue weighted by atomic mass is 10.0. The summed E-state index contributed by atoms with van der Waals surface area (Å²) in [6, 6.07) is 14.5. The lowest BCUT2D eigenvalue weighted by Gasteiger charge is -2.35. The molecule has 1 aromatic heterocycles. The van der Waals surface area contributed by atoms with Gasteiger partial charge in [0.1, 0.15) is 11.6 Å².